The molecular formula is C20H31B4N4O4. The molecule has 1 aromatic rings. The molecule has 0 bridgehead atoms. The highest BCUT2D eigenvalue weighted by Crippen LogP contribution is 2.31. The average Bonchev–Trinajstić information content (AvgIpc) is 2.79. The molecule has 0 amide bonds. The first kappa shape index (κ1) is 25.5. The third-order valence-electron chi connectivity index (χ3n) is 5.36. The largest absolute Gasteiger partial charge is 0.422 e. The van der Waals surface area contributed by atoms with Gasteiger partial charge >= 0.3 is 0 Å². The molecule has 3 rings (SSSR count). The lowest BCUT2D eigenvalue weighted by molar-refractivity contribution is 0.00934. The summed E-state index contributed by atoms with van der Waals surface area (Å²) in [6.45, 7) is 7.51. The van der Waals surface area contributed by atoms with Crippen molar-refractivity contribution in [2.75, 3.05) is 95.1 Å². The van der Waals surface area contributed by atoms with Crippen LogP contribution >= 0.6 is 0 Å². The first-order valence-electron chi connectivity index (χ1n) is 11.2. The Kier molecular flexibility index (Phi) is 11.3. The normalized spacial score (nSPS) is 24.3. The Morgan fingerprint density at radius 3 is 1.97 bits per heavy atom. The van der Waals surface area contributed by atoms with E-state index in [2.05, 4.69) is 18.3 Å². The zero-order valence-electron chi connectivity index (χ0n) is 18.8. The van der Waals surface area contributed by atoms with Crippen LogP contribution in [0.3, 0.4) is 0 Å². The van der Waals surface area contributed by atoms with Crippen LogP contribution in [0.1, 0.15) is 0 Å². The van der Waals surface area contributed by atoms with Gasteiger partial charge in [0, 0.05) is 50.6 Å². The summed E-state index contributed by atoms with van der Waals surface area (Å²) in [5, 5.41) is 0. The Morgan fingerprint density at radius 2 is 1.28 bits per heavy atom. The lowest BCUT2D eigenvalue weighted by Gasteiger charge is -2.39. The van der Waals surface area contributed by atoms with E-state index in [1.807, 2.05) is 18.2 Å². The van der Waals surface area contributed by atoms with E-state index in [9.17, 15) is 0 Å². The van der Waals surface area contributed by atoms with Crippen molar-refractivity contribution < 1.29 is 18.9 Å². The van der Waals surface area contributed by atoms with Gasteiger partial charge in [-0.1, -0.05) is 12.1 Å². The zero-order valence-corrected chi connectivity index (χ0v) is 18.8. The first-order valence-corrected chi connectivity index (χ1v) is 11.2. The van der Waals surface area contributed by atoms with E-state index in [1.54, 1.807) is 14.4 Å². The number of hydrogen-bond acceptors (Lipinski definition) is 8. The predicted octanol–water partition coefficient (Wildman–Crippen LogP) is -0.807. The molecule has 2 heterocycles. The maximum atomic E-state index is 6.14. The second-order valence-electron chi connectivity index (χ2n) is 7.81. The molecule has 8 nitrogen and oxygen atoms in total. The number of anilines is 2. The first-order chi connectivity index (χ1) is 15.6. The lowest BCUT2D eigenvalue weighted by Crippen LogP contribution is -2.47. The molecule has 167 valence electrons. The molecule has 0 N–H and O–H groups in total. The van der Waals surface area contributed by atoms with Gasteiger partial charge in [0.05, 0.1) is 52.3 Å². The SMILES string of the molecule is [B]N1CCOCCOCCN([B])CCOC([B]N2CCN([B])c3ccccc32)COCC1. The average molecular weight is 435 g/mol. The number of rotatable bonds is 2. The summed E-state index contributed by atoms with van der Waals surface area (Å²) in [5.41, 5.74) is 2.04. The Balaban J connectivity index is 1.56. The van der Waals surface area contributed by atoms with E-state index in [0.29, 0.717) is 72.4 Å². The Morgan fingerprint density at radius 1 is 0.688 bits per heavy atom. The topological polar surface area (TPSA) is 49.9 Å². The van der Waals surface area contributed by atoms with Crippen LogP contribution in [0.2, 0.25) is 0 Å². The van der Waals surface area contributed by atoms with Crippen molar-refractivity contribution >= 4 is 42.7 Å². The van der Waals surface area contributed by atoms with Gasteiger partial charge < -0.3 is 38.2 Å². The summed E-state index contributed by atoms with van der Waals surface area (Å²) in [4.78, 5) is 7.36. The molecule has 1 aromatic carbocycles. The van der Waals surface area contributed by atoms with Gasteiger partial charge in [-0.2, -0.15) is 0 Å². The number of para-hydroxylation sites is 2. The van der Waals surface area contributed by atoms with Gasteiger partial charge in [-0.15, -0.1) is 0 Å². The van der Waals surface area contributed by atoms with Crippen molar-refractivity contribution in [2.24, 2.45) is 0 Å². The van der Waals surface area contributed by atoms with Crippen LogP contribution in [0.15, 0.2) is 24.3 Å². The highest BCUT2D eigenvalue weighted by atomic mass is 16.5. The molecule has 0 aliphatic carbocycles. The quantitative estimate of drug-likeness (QED) is 0.561. The standard InChI is InChI=1S/C20H31B4N4O4/c21-25-7-11-29-15-16-30-12-8-26(22)10-14-32-20(17-31-13-9-25)24-28-6-5-27(23)18-3-1-2-4-19(18)28/h1-4,20H,5-17H2. The molecule has 1 fully saturated rings. The number of hydrogen-bond donors (Lipinski definition) is 0. The smallest absolute Gasteiger partial charge is 0.283 e. The molecular weight excluding hydrogens is 403 g/mol. The van der Waals surface area contributed by atoms with Crippen molar-refractivity contribution in [3.63, 3.8) is 0 Å². The van der Waals surface area contributed by atoms with Gasteiger partial charge in [0.25, 0.3) is 7.41 Å². The predicted molar refractivity (Wildman–Crippen MR) is 129 cm³/mol. The monoisotopic (exact) mass is 435 g/mol. The highest BCUT2D eigenvalue weighted by molar-refractivity contribution is 6.44. The summed E-state index contributed by atoms with van der Waals surface area (Å²) >= 11 is 0. The molecule has 12 heteroatoms. The summed E-state index contributed by atoms with van der Waals surface area (Å²) < 4.78 is 23.1. The van der Waals surface area contributed by atoms with E-state index in [0.717, 1.165) is 24.5 Å². The van der Waals surface area contributed by atoms with Gasteiger partial charge in [0.1, 0.15) is 0 Å². The molecule has 32 heavy (non-hydrogen) atoms. The lowest BCUT2D eigenvalue weighted by atomic mass is 9.80. The molecule has 2 aliphatic heterocycles. The molecule has 0 saturated carbocycles. The number of benzene rings is 1. The highest BCUT2D eigenvalue weighted by Gasteiger charge is 2.24. The van der Waals surface area contributed by atoms with Crippen molar-refractivity contribution in [1.29, 1.82) is 0 Å². The van der Waals surface area contributed by atoms with Crippen LogP contribution in [0.25, 0.3) is 0 Å². The molecule has 0 aromatic heterocycles. The minimum absolute atomic E-state index is 0.231. The molecule has 2 aliphatic rings. The van der Waals surface area contributed by atoms with Gasteiger partial charge in [-0.05, 0) is 12.1 Å². The van der Waals surface area contributed by atoms with Crippen molar-refractivity contribution in [3.8, 4) is 0 Å². The molecule has 1 unspecified atom stereocenters. The zero-order chi connectivity index (χ0) is 22.6. The Bertz CT molecular complexity index is 666. The van der Waals surface area contributed by atoms with Crippen LogP contribution in [0, 0.1) is 0 Å². The Labute approximate surface area is 197 Å². The van der Waals surface area contributed by atoms with Crippen LogP contribution in [-0.2, 0) is 18.9 Å². The third-order valence-corrected chi connectivity index (χ3v) is 5.36. The van der Waals surface area contributed by atoms with Crippen LogP contribution in [0.4, 0.5) is 11.4 Å². The molecule has 1 atom stereocenters. The van der Waals surface area contributed by atoms with Crippen molar-refractivity contribution in [3.05, 3.63) is 24.3 Å². The minimum Gasteiger partial charge on any atom is -0.422 e. The van der Waals surface area contributed by atoms with E-state index < -0.39 is 0 Å². The van der Waals surface area contributed by atoms with Crippen LogP contribution < -0.4 is 9.62 Å². The van der Waals surface area contributed by atoms with E-state index in [1.165, 1.54) is 0 Å². The third kappa shape index (κ3) is 8.65. The van der Waals surface area contributed by atoms with Crippen molar-refractivity contribution in [1.82, 2.24) is 9.62 Å². The second kappa shape index (κ2) is 14.2. The molecule has 0 spiro atoms. The van der Waals surface area contributed by atoms with E-state index in [4.69, 9.17) is 42.9 Å². The number of fused-ring (bicyclic) bond motifs is 1. The van der Waals surface area contributed by atoms with Gasteiger partial charge in [0.15, 0.2) is 16.0 Å². The fourth-order valence-electron chi connectivity index (χ4n) is 3.51. The van der Waals surface area contributed by atoms with Crippen LogP contribution in [-0.4, -0.2) is 132 Å². The fourth-order valence-corrected chi connectivity index (χ4v) is 3.51. The number of nitrogens with zero attached hydrogens (tertiary/aromatic N) is 4. The van der Waals surface area contributed by atoms with Gasteiger partial charge in [-0.3, -0.25) is 0 Å². The second-order valence-corrected chi connectivity index (χ2v) is 7.81. The fraction of sp³-hybridized carbons (Fsp3) is 0.700. The maximum Gasteiger partial charge on any atom is 0.283 e. The minimum atomic E-state index is -0.231. The number of ether oxygens (including phenoxy) is 4. The van der Waals surface area contributed by atoms with E-state index in [-0.39, 0.29) is 6.00 Å². The molecule has 1 saturated heterocycles. The molecule has 7 radical (unpaired) electrons. The van der Waals surface area contributed by atoms with Gasteiger partial charge in [0.2, 0.25) is 7.98 Å². The summed E-state index contributed by atoms with van der Waals surface area (Å²) in [5.74, 6) is 0. The summed E-state index contributed by atoms with van der Waals surface area (Å²) in [6, 6.07) is 7.84. The van der Waals surface area contributed by atoms with Gasteiger partial charge in [-0.25, -0.2) is 0 Å². The Hall–Kier alpha value is -1.16. The summed E-state index contributed by atoms with van der Waals surface area (Å²) in [7, 11) is 20.3. The summed E-state index contributed by atoms with van der Waals surface area (Å²) in [6.07, 6.45) is 0. The maximum absolute atomic E-state index is 6.14. The van der Waals surface area contributed by atoms with Crippen LogP contribution in [0.5, 0.6) is 0 Å². The van der Waals surface area contributed by atoms with E-state index >= 15 is 0 Å². The van der Waals surface area contributed by atoms with Crippen molar-refractivity contribution in [2.45, 2.75) is 6.00 Å².